The van der Waals surface area contributed by atoms with Gasteiger partial charge in [-0.3, -0.25) is 28.7 Å². The van der Waals surface area contributed by atoms with Crippen LogP contribution in [0.2, 0.25) is 10.1 Å². The van der Waals surface area contributed by atoms with Crippen molar-refractivity contribution in [3.05, 3.63) is 187 Å². The predicted octanol–water partition coefficient (Wildman–Crippen LogP) is 5.61. The lowest BCUT2D eigenvalue weighted by atomic mass is 10.0. The molecule has 0 bridgehead atoms. The highest BCUT2D eigenvalue weighted by atomic mass is 32.2. The molecule has 0 spiro atoms. The van der Waals surface area contributed by atoms with E-state index in [0.29, 0.717) is 17.5 Å². The van der Waals surface area contributed by atoms with Crippen LogP contribution in [0.5, 0.6) is 0 Å². The molecule has 382 valence electrons. The molecule has 2 aliphatic heterocycles. The molecule has 6 aromatic rings. The third kappa shape index (κ3) is 10.7. The fourth-order valence-corrected chi connectivity index (χ4v) is 22.1. The SMILES string of the molecule is Cc1cn([C@H]2C[C@H](CS(=O)(=O)CC[C@H]3O[C@@H](n4cc(C)c(=O)[nH]c4=O)C[C@@H]3O[Si](c3ccccc3)(c3ccccc3)C(C)(C)C)[C@@H](CCO[Si](c3ccccc3)(c3ccccc3)C(C)(C)C)O2)c(=O)[nH]c1=O. The first-order chi connectivity index (χ1) is 34.1. The van der Waals surface area contributed by atoms with Gasteiger partial charge in [0.15, 0.2) is 9.84 Å². The minimum Gasteiger partial charge on any atom is -0.407 e. The van der Waals surface area contributed by atoms with Gasteiger partial charge in [0.25, 0.3) is 27.8 Å². The van der Waals surface area contributed by atoms with Gasteiger partial charge in [0.1, 0.15) is 12.5 Å². The van der Waals surface area contributed by atoms with E-state index < -0.39 is 90.7 Å². The van der Waals surface area contributed by atoms with Crippen LogP contribution in [0, 0.1) is 19.8 Å². The van der Waals surface area contributed by atoms with Crippen molar-refractivity contribution in [3.8, 4) is 0 Å². The fraction of sp³-hybridized carbons (Fsp3) is 0.418. The molecule has 0 unspecified atom stereocenters. The van der Waals surface area contributed by atoms with Crippen molar-refractivity contribution in [1.82, 2.24) is 19.1 Å². The normalized spacial score (nSPS) is 21.0. The lowest BCUT2D eigenvalue weighted by Gasteiger charge is -2.45. The third-order valence-corrected chi connectivity index (χ3v) is 26.4. The average Bonchev–Trinajstić information content (AvgIpc) is 3.94. The second-order valence-electron chi connectivity index (χ2n) is 21.5. The molecule has 2 N–H and O–H groups in total. The number of aromatic nitrogens is 4. The van der Waals surface area contributed by atoms with Crippen molar-refractivity contribution in [2.75, 3.05) is 18.1 Å². The molecule has 0 amide bonds. The van der Waals surface area contributed by atoms with Crippen molar-refractivity contribution in [3.63, 3.8) is 0 Å². The van der Waals surface area contributed by atoms with Crippen molar-refractivity contribution >= 4 is 47.2 Å². The fourth-order valence-electron chi connectivity index (χ4n) is 11.0. The lowest BCUT2D eigenvalue weighted by Crippen LogP contribution is -2.68. The molecule has 8 rings (SSSR count). The summed E-state index contributed by atoms with van der Waals surface area (Å²) < 4.78 is 60.4. The zero-order chi connectivity index (χ0) is 51.6. The van der Waals surface area contributed by atoms with Gasteiger partial charge in [0.2, 0.25) is 0 Å². The molecule has 14 nitrogen and oxygen atoms in total. The van der Waals surface area contributed by atoms with Gasteiger partial charge in [-0.1, -0.05) is 163 Å². The van der Waals surface area contributed by atoms with E-state index in [-0.39, 0.29) is 42.4 Å². The monoisotopic (exact) mass is 1030 g/mol. The summed E-state index contributed by atoms with van der Waals surface area (Å²) in [6.07, 6.45) is 0.0130. The van der Waals surface area contributed by atoms with Crippen LogP contribution >= 0.6 is 0 Å². The molecule has 0 aliphatic carbocycles. The van der Waals surface area contributed by atoms with E-state index in [9.17, 15) is 27.6 Å². The van der Waals surface area contributed by atoms with Crippen molar-refractivity contribution in [2.24, 2.45) is 5.92 Å². The number of rotatable bonds is 17. The van der Waals surface area contributed by atoms with Gasteiger partial charge in [-0.2, -0.15) is 0 Å². The van der Waals surface area contributed by atoms with Crippen LogP contribution in [0.25, 0.3) is 0 Å². The van der Waals surface area contributed by atoms with Crippen molar-refractivity contribution < 1.29 is 26.7 Å². The van der Waals surface area contributed by atoms with Gasteiger partial charge in [-0.15, -0.1) is 0 Å². The van der Waals surface area contributed by atoms with Crippen LogP contribution in [-0.4, -0.2) is 80.6 Å². The summed E-state index contributed by atoms with van der Waals surface area (Å²) in [5, 5.41) is 3.57. The minimum atomic E-state index is -3.88. The summed E-state index contributed by atoms with van der Waals surface area (Å²) in [6.45, 7) is 16.6. The summed E-state index contributed by atoms with van der Waals surface area (Å²) in [5.74, 6) is -1.07. The molecule has 0 saturated carbocycles. The number of ether oxygens (including phenoxy) is 2. The molecule has 2 aromatic heterocycles. The number of H-pyrrole nitrogens is 2. The van der Waals surface area contributed by atoms with Gasteiger partial charge in [-0.05, 0) is 63.9 Å². The van der Waals surface area contributed by atoms with E-state index in [0.717, 1.165) is 20.7 Å². The number of aryl methyl sites for hydroxylation is 2. The number of benzene rings is 4. The molecular formula is C55H68N4O10SSi2. The third-order valence-electron chi connectivity index (χ3n) is 14.5. The summed E-state index contributed by atoms with van der Waals surface area (Å²) in [5.41, 5.74) is -1.62. The summed E-state index contributed by atoms with van der Waals surface area (Å²) >= 11 is 0. The Labute approximate surface area is 423 Å². The molecular weight excluding hydrogens is 965 g/mol. The zero-order valence-corrected chi connectivity index (χ0v) is 45.3. The zero-order valence-electron chi connectivity index (χ0n) is 42.5. The molecule has 4 heterocycles. The maximum atomic E-state index is 14.7. The van der Waals surface area contributed by atoms with Crippen LogP contribution in [0.15, 0.2) is 153 Å². The summed E-state index contributed by atoms with van der Waals surface area (Å²) in [7, 11) is -10.1. The quantitative estimate of drug-likeness (QED) is 0.109. The van der Waals surface area contributed by atoms with E-state index >= 15 is 0 Å². The van der Waals surface area contributed by atoms with Crippen molar-refractivity contribution in [1.29, 1.82) is 0 Å². The average molecular weight is 1030 g/mol. The number of hydrogen-bond acceptors (Lipinski definition) is 10. The Morgan fingerprint density at radius 3 is 1.42 bits per heavy atom. The highest BCUT2D eigenvalue weighted by molar-refractivity contribution is 7.91. The first-order valence-electron chi connectivity index (χ1n) is 24.8. The maximum absolute atomic E-state index is 14.7. The molecule has 72 heavy (non-hydrogen) atoms. The Morgan fingerprint density at radius 2 is 0.986 bits per heavy atom. The van der Waals surface area contributed by atoms with Crippen LogP contribution in [0.4, 0.5) is 0 Å². The van der Waals surface area contributed by atoms with Crippen LogP contribution in [0.3, 0.4) is 0 Å². The van der Waals surface area contributed by atoms with E-state index in [4.69, 9.17) is 18.3 Å². The van der Waals surface area contributed by atoms with E-state index in [1.165, 1.54) is 21.5 Å². The minimum absolute atomic E-state index is 0.0516. The summed E-state index contributed by atoms with van der Waals surface area (Å²) in [6, 6.07) is 40.8. The Kier molecular flexibility index (Phi) is 15.5. The number of aromatic amines is 2. The molecule has 17 heteroatoms. The number of hydrogen-bond donors (Lipinski definition) is 2. The van der Waals surface area contributed by atoms with Gasteiger partial charge in [0.05, 0.1) is 29.8 Å². The number of sulfone groups is 1. The van der Waals surface area contributed by atoms with Gasteiger partial charge >= 0.3 is 11.4 Å². The van der Waals surface area contributed by atoms with E-state index in [1.54, 1.807) is 13.8 Å². The topological polar surface area (TPSA) is 181 Å². The van der Waals surface area contributed by atoms with Gasteiger partial charge < -0.3 is 18.3 Å². The second kappa shape index (κ2) is 21.1. The van der Waals surface area contributed by atoms with E-state index in [1.807, 2.05) is 72.8 Å². The Bertz CT molecular complexity index is 3090. The first-order valence-corrected chi connectivity index (χ1v) is 30.5. The van der Waals surface area contributed by atoms with Gasteiger partial charge in [-0.25, -0.2) is 18.0 Å². The molecule has 6 atom stereocenters. The van der Waals surface area contributed by atoms with E-state index in [2.05, 4.69) is 100 Å². The Morgan fingerprint density at radius 1 is 0.583 bits per heavy atom. The maximum Gasteiger partial charge on any atom is 0.330 e. The predicted molar refractivity (Wildman–Crippen MR) is 287 cm³/mol. The highest BCUT2D eigenvalue weighted by Crippen LogP contribution is 2.43. The number of nitrogens with zero attached hydrogens (tertiary/aromatic N) is 2. The first kappa shape index (κ1) is 52.8. The highest BCUT2D eigenvalue weighted by Gasteiger charge is 2.54. The largest absolute Gasteiger partial charge is 0.407 e. The number of nitrogens with one attached hydrogen (secondary N) is 2. The van der Waals surface area contributed by atoms with Crippen LogP contribution in [0.1, 0.15) is 90.8 Å². The summed E-state index contributed by atoms with van der Waals surface area (Å²) in [4.78, 5) is 56.4. The molecule has 0 radical (unpaired) electrons. The second-order valence-corrected chi connectivity index (χ2v) is 32.3. The van der Waals surface area contributed by atoms with Crippen LogP contribution < -0.4 is 43.2 Å². The standard InChI is InChI=1S/C55H68N4O10SSi2/c1-38-35-58(52(62)56-50(38)60)48-33-40(45(67-48)29-31-66-71(54(3,4)5,41-21-13-9-14-22-41)42-23-15-10-16-24-42)37-70(64,65)32-30-46-47(34-49(68-46)59-36-39(2)51(61)57-53(59)63)69-72(55(6,7)8,43-25-17-11-18-26-43)44-27-19-12-20-28-44/h9-28,35-36,40,45-49H,29-34,37H2,1-8H3,(H,56,60,62)(H,57,61,63)/t40-,45-,46-,47+,48-,49-/m1/s1. The Hall–Kier alpha value is -5.54. The van der Waals surface area contributed by atoms with Gasteiger partial charge in [0, 0.05) is 42.5 Å². The molecule has 2 aliphatic rings. The van der Waals surface area contributed by atoms with Crippen molar-refractivity contribution in [2.45, 2.75) is 122 Å². The molecule has 2 saturated heterocycles. The lowest BCUT2D eigenvalue weighted by molar-refractivity contribution is -0.0190. The smallest absolute Gasteiger partial charge is 0.330 e. The van der Waals surface area contributed by atoms with Crippen LogP contribution in [-0.2, 0) is 28.2 Å². The Balaban J connectivity index is 1.10. The molecule has 4 aromatic carbocycles. The molecule has 2 fully saturated rings.